The van der Waals surface area contributed by atoms with Crippen LogP contribution in [0.15, 0.2) is 27.6 Å². The SMILES string of the molecule is CNC1CCN(C(=O)O[C@H]2CC[C@@]3(C)[C@H](CCC4[C@@H]3CC[C@]3(C)[C@@H](c5ccc(=O)oc5)CC[C@]43O)C2)CC1. The highest BCUT2D eigenvalue weighted by Crippen LogP contribution is 2.70. The Labute approximate surface area is 226 Å². The predicted octanol–water partition coefficient (Wildman–Crippen LogP) is 5.07. The number of rotatable bonds is 3. The van der Waals surface area contributed by atoms with Crippen molar-refractivity contribution in [3.8, 4) is 0 Å². The molecule has 210 valence electrons. The van der Waals surface area contributed by atoms with Crippen molar-refractivity contribution < 1.29 is 19.1 Å². The summed E-state index contributed by atoms with van der Waals surface area (Å²) in [5, 5.41) is 15.8. The molecule has 4 saturated carbocycles. The minimum absolute atomic E-state index is 0.0136. The summed E-state index contributed by atoms with van der Waals surface area (Å²) in [6.45, 7) is 6.31. The summed E-state index contributed by atoms with van der Waals surface area (Å²) in [5.41, 5.74) is 0.0322. The first-order valence-electron chi connectivity index (χ1n) is 15.1. The van der Waals surface area contributed by atoms with Gasteiger partial charge in [-0.15, -0.1) is 0 Å². The van der Waals surface area contributed by atoms with Crippen molar-refractivity contribution in [2.75, 3.05) is 20.1 Å². The molecule has 5 fully saturated rings. The third-order valence-electron chi connectivity index (χ3n) is 12.4. The number of hydrogen-bond donors (Lipinski definition) is 2. The fourth-order valence-corrected chi connectivity index (χ4v) is 9.96. The molecule has 7 heteroatoms. The molecule has 1 aromatic heterocycles. The molecule has 6 rings (SSSR count). The maximum Gasteiger partial charge on any atom is 0.410 e. The van der Waals surface area contributed by atoms with Crippen LogP contribution in [0.25, 0.3) is 0 Å². The molecule has 7 nitrogen and oxygen atoms in total. The largest absolute Gasteiger partial charge is 0.446 e. The van der Waals surface area contributed by atoms with Gasteiger partial charge in [-0.3, -0.25) is 0 Å². The van der Waals surface area contributed by atoms with Crippen molar-refractivity contribution >= 4 is 6.09 Å². The second-order valence-corrected chi connectivity index (χ2v) is 13.7. The number of nitrogens with zero attached hydrogens (tertiary/aromatic N) is 1. The zero-order valence-corrected chi connectivity index (χ0v) is 23.4. The Kier molecular flexibility index (Phi) is 6.70. The van der Waals surface area contributed by atoms with Crippen molar-refractivity contribution in [1.29, 1.82) is 0 Å². The van der Waals surface area contributed by atoms with Crippen LogP contribution in [0, 0.1) is 28.6 Å². The summed E-state index contributed by atoms with van der Waals surface area (Å²) in [5.74, 6) is 1.57. The first-order valence-corrected chi connectivity index (χ1v) is 15.1. The van der Waals surface area contributed by atoms with Crippen molar-refractivity contribution in [2.24, 2.45) is 28.6 Å². The number of aliphatic hydroxyl groups is 1. The van der Waals surface area contributed by atoms with E-state index in [1.165, 1.54) is 6.07 Å². The van der Waals surface area contributed by atoms with E-state index in [2.05, 4.69) is 19.2 Å². The minimum Gasteiger partial charge on any atom is -0.446 e. The third-order valence-corrected chi connectivity index (χ3v) is 12.4. The van der Waals surface area contributed by atoms with E-state index in [1.54, 1.807) is 6.26 Å². The summed E-state index contributed by atoms with van der Waals surface area (Å²) in [7, 11) is 1.99. The maximum atomic E-state index is 12.9. The first kappa shape index (κ1) is 26.4. The fraction of sp³-hybridized carbons (Fsp3) is 0.806. The molecule has 1 aliphatic heterocycles. The molecule has 38 heavy (non-hydrogen) atoms. The minimum atomic E-state index is -0.687. The lowest BCUT2D eigenvalue weighted by atomic mass is 9.43. The van der Waals surface area contributed by atoms with E-state index in [9.17, 15) is 14.7 Å². The number of ether oxygens (including phenoxy) is 1. The Morgan fingerprint density at radius 3 is 2.53 bits per heavy atom. The van der Waals surface area contributed by atoms with E-state index in [4.69, 9.17) is 9.15 Å². The highest BCUT2D eigenvalue weighted by molar-refractivity contribution is 5.68. The highest BCUT2D eigenvalue weighted by atomic mass is 16.6. The van der Waals surface area contributed by atoms with Crippen LogP contribution in [-0.4, -0.2) is 54.0 Å². The second-order valence-electron chi connectivity index (χ2n) is 13.7. The molecule has 0 aromatic carbocycles. The van der Waals surface area contributed by atoms with E-state index in [1.807, 2.05) is 18.0 Å². The number of likely N-dealkylation sites (tertiary alicyclic amines) is 1. The summed E-state index contributed by atoms with van der Waals surface area (Å²) in [6, 6.07) is 3.92. The van der Waals surface area contributed by atoms with Gasteiger partial charge >= 0.3 is 11.7 Å². The summed E-state index contributed by atoms with van der Waals surface area (Å²) in [6.07, 6.45) is 12.5. The topological polar surface area (TPSA) is 92.0 Å². The summed E-state index contributed by atoms with van der Waals surface area (Å²) in [4.78, 5) is 26.4. The normalized spacial score (nSPS) is 43.2. The van der Waals surface area contributed by atoms with Gasteiger partial charge in [0.2, 0.25) is 0 Å². The number of carbonyl (C=O) groups excluding carboxylic acids is 1. The van der Waals surface area contributed by atoms with Crippen molar-refractivity contribution in [1.82, 2.24) is 10.2 Å². The van der Waals surface area contributed by atoms with Crippen LogP contribution in [0.3, 0.4) is 0 Å². The molecular formula is C31H46N2O5. The lowest BCUT2D eigenvalue weighted by molar-refractivity contribution is -0.205. The molecular weight excluding hydrogens is 480 g/mol. The first-order chi connectivity index (χ1) is 18.2. The van der Waals surface area contributed by atoms with Crippen LogP contribution in [0.1, 0.15) is 96.0 Å². The molecule has 0 bridgehead atoms. The van der Waals surface area contributed by atoms with Gasteiger partial charge in [-0.1, -0.05) is 13.8 Å². The average Bonchev–Trinajstić information content (AvgIpc) is 3.20. The van der Waals surface area contributed by atoms with Crippen LogP contribution in [0.4, 0.5) is 4.79 Å². The Morgan fingerprint density at radius 2 is 1.82 bits per heavy atom. The van der Waals surface area contributed by atoms with Crippen molar-refractivity contribution in [2.45, 2.75) is 108 Å². The van der Waals surface area contributed by atoms with E-state index in [0.29, 0.717) is 23.8 Å². The molecule has 1 amide bonds. The lowest BCUT2D eigenvalue weighted by Gasteiger charge is -2.63. The van der Waals surface area contributed by atoms with E-state index >= 15 is 0 Å². The molecule has 0 radical (unpaired) electrons. The monoisotopic (exact) mass is 526 g/mol. The van der Waals surface area contributed by atoms with Gasteiger partial charge in [0, 0.05) is 30.6 Å². The van der Waals surface area contributed by atoms with Gasteiger partial charge in [0.15, 0.2) is 0 Å². The van der Waals surface area contributed by atoms with Gasteiger partial charge in [-0.05, 0) is 118 Å². The van der Waals surface area contributed by atoms with Gasteiger partial charge < -0.3 is 24.5 Å². The van der Waals surface area contributed by atoms with Gasteiger partial charge in [-0.25, -0.2) is 9.59 Å². The van der Waals surface area contributed by atoms with E-state index < -0.39 is 5.60 Å². The number of piperidine rings is 1. The predicted molar refractivity (Wildman–Crippen MR) is 145 cm³/mol. The highest BCUT2D eigenvalue weighted by Gasteiger charge is 2.67. The molecule has 2 heterocycles. The number of fused-ring (bicyclic) bond motifs is 5. The molecule has 8 atom stereocenters. The van der Waals surface area contributed by atoms with Gasteiger partial charge in [0.25, 0.3) is 0 Å². The molecule has 1 saturated heterocycles. The zero-order valence-electron chi connectivity index (χ0n) is 23.4. The van der Waals surface area contributed by atoms with Crippen LogP contribution in [-0.2, 0) is 4.74 Å². The molecule has 1 unspecified atom stereocenters. The van der Waals surface area contributed by atoms with Gasteiger partial charge in [0.1, 0.15) is 6.10 Å². The molecule has 5 aliphatic rings. The van der Waals surface area contributed by atoms with Gasteiger partial charge in [-0.2, -0.15) is 0 Å². The van der Waals surface area contributed by atoms with Gasteiger partial charge in [0.05, 0.1) is 11.9 Å². The molecule has 1 aromatic rings. The molecule has 2 N–H and O–H groups in total. The Morgan fingerprint density at radius 1 is 1.03 bits per heavy atom. The zero-order chi connectivity index (χ0) is 26.7. The second kappa shape index (κ2) is 9.65. The van der Waals surface area contributed by atoms with E-state index in [0.717, 1.165) is 89.3 Å². The lowest BCUT2D eigenvalue weighted by Crippen LogP contribution is -2.62. The average molecular weight is 527 g/mol. The standard InChI is InChI=1S/C31H46N2O5/c1-29-13-8-23(38-28(35)33-16-11-22(32-3)12-17-33)18-21(29)5-6-26-25(29)9-14-30(2)24(10-15-31(26,30)36)20-4-7-27(34)37-19-20/h4,7,19,21-26,32,36H,5-6,8-18H2,1-3H3/t21-,23+,24-,25+,26?,29+,30-,31+/m1/s1. The Bertz CT molecular complexity index is 1080. The van der Waals surface area contributed by atoms with Crippen molar-refractivity contribution in [3.63, 3.8) is 0 Å². The Balaban J connectivity index is 1.13. The third kappa shape index (κ3) is 4.06. The number of nitrogens with one attached hydrogen (secondary N) is 1. The Hall–Kier alpha value is -1.86. The quantitative estimate of drug-likeness (QED) is 0.571. The maximum absolute atomic E-state index is 12.9. The van der Waals surface area contributed by atoms with E-state index in [-0.39, 0.29) is 34.6 Å². The van der Waals surface area contributed by atoms with Crippen LogP contribution >= 0.6 is 0 Å². The number of carbonyl (C=O) groups is 1. The number of hydrogen-bond acceptors (Lipinski definition) is 6. The van der Waals surface area contributed by atoms with Crippen LogP contribution < -0.4 is 10.9 Å². The fourth-order valence-electron chi connectivity index (χ4n) is 9.96. The smallest absolute Gasteiger partial charge is 0.410 e. The summed E-state index contributed by atoms with van der Waals surface area (Å²) < 4.78 is 11.3. The number of amides is 1. The van der Waals surface area contributed by atoms with Crippen LogP contribution in [0.5, 0.6) is 0 Å². The molecule has 4 aliphatic carbocycles. The van der Waals surface area contributed by atoms with Crippen molar-refractivity contribution in [3.05, 3.63) is 34.4 Å². The van der Waals surface area contributed by atoms with Crippen LogP contribution in [0.2, 0.25) is 0 Å². The molecule has 0 spiro atoms. The summed E-state index contributed by atoms with van der Waals surface area (Å²) >= 11 is 0.